The second-order valence-electron chi connectivity index (χ2n) is 4.56. The molecule has 2 heteroatoms. The van der Waals surface area contributed by atoms with Crippen LogP contribution >= 0.6 is 0 Å². The lowest BCUT2D eigenvalue weighted by Gasteiger charge is -2.10. The summed E-state index contributed by atoms with van der Waals surface area (Å²) in [5.41, 5.74) is 7.90. The quantitative estimate of drug-likeness (QED) is 0.734. The number of ketones is 1. The van der Waals surface area contributed by atoms with Gasteiger partial charge in [0.2, 0.25) is 0 Å². The van der Waals surface area contributed by atoms with Gasteiger partial charge in [0, 0.05) is 5.56 Å². The molecule has 1 aromatic carbocycles. The third kappa shape index (κ3) is 4.31. The van der Waals surface area contributed by atoms with Crippen molar-refractivity contribution in [1.82, 2.24) is 0 Å². The van der Waals surface area contributed by atoms with Crippen LogP contribution in [-0.2, 0) is 6.42 Å². The molecular formula is C15H23NO. The Labute approximate surface area is 104 Å². The third-order valence-electron chi connectivity index (χ3n) is 2.96. The molecule has 0 bridgehead atoms. The SMILES string of the molecule is CCCCC(N)C(=O)c1cccc(CCC)c1. The minimum atomic E-state index is -0.341. The summed E-state index contributed by atoms with van der Waals surface area (Å²) in [4.78, 5) is 12.1. The van der Waals surface area contributed by atoms with Gasteiger partial charge in [-0.1, -0.05) is 51.3 Å². The number of rotatable bonds is 7. The van der Waals surface area contributed by atoms with E-state index in [4.69, 9.17) is 5.73 Å². The van der Waals surface area contributed by atoms with E-state index in [-0.39, 0.29) is 11.8 Å². The molecule has 0 spiro atoms. The van der Waals surface area contributed by atoms with Crippen LogP contribution in [-0.4, -0.2) is 11.8 Å². The van der Waals surface area contributed by atoms with Crippen molar-refractivity contribution in [1.29, 1.82) is 0 Å². The molecule has 0 aromatic heterocycles. The predicted molar refractivity (Wildman–Crippen MR) is 72.3 cm³/mol. The molecule has 1 rings (SSSR count). The first-order valence-electron chi connectivity index (χ1n) is 6.57. The summed E-state index contributed by atoms with van der Waals surface area (Å²) < 4.78 is 0. The van der Waals surface area contributed by atoms with E-state index >= 15 is 0 Å². The lowest BCUT2D eigenvalue weighted by molar-refractivity contribution is 0.0956. The van der Waals surface area contributed by atoms with Gasteiger partial charge in [0.1, 0.15) is 0 Å². The van der Waals surface area contributed by atoms with Gasteiger partial charge in [0.15, 0.2) is 5.78 Å². The van der Waals surface area contributed by atoms with Crippen LogP contribution in [0.2, 0.25) is 0 Å². The molecule has 1 atom stereocenters. The second-order valence-corrected chi connectivity index (χ2v) is 4.56. The van der Waals surface area contributed by atoms with Crippen LogP contribution in [0.5, 0.6) is 0 Å². The first-order valence-corrected chi connectivity index (χ1v) is 6.57. The third-order valence-corrected chi connectivity index (χ3v) is 2.96. The molecule has 0 saturated carbocycles. The van der Waals surface area contributed by atoms with Crippen LogP contribution in [0.3, 0.4) is 0 Å². The van der Waals surface area contributed by atoms with Crippen molar-refractivity contribution in [3.8, 4) is 0 Å². The fourth-order valence-corrected chi connectivity index (χ4v) is 1.94. The minimum absolute atomic E-state index is 0.0800. The Bertz CT molecular complexity index is 360. The first-order chi connectivity index (χ1) is 8.19. The summed E-state index contributed by atoms with van der Waals surface area (Å²) in [5, 5.41) is 0. The smallest absolute Gasteiger partial charge is 0.179 e. The maximum absolute atomic E-state index is 12.1. The van der Waals surface area contributed by atoms with E-state index in [1.165, 1.54) is 5.56 Å². The lowest BCUT2D eigenvalue weighted by atomic mass is 9.98. The molecule has 0 aliphatic carbocycles. The van der Waals surface area contributed by atoms with Crippen LogP contribution in [0.25, 0.3) is 0 Å². The van der Waals surface area contributed by atoms with Crippen LogP contribution in [0.4, 0.5) is 0 Å². The Balaban J connectivity index is 2.70. The average Bonchev–Trinajstić information content (AvgIpc) is 2.35. The number of benzene rings is 1. The molecule has 2 N–H and O–H groups in total. The zero-order chi connectivity index (χ0) is 12.7. The van der Waals surface area contributed by atoms with Crippen molar-refractivity contribution in [2.45, 2.75) is 52.0 Å². The zero-order valence-electron chi connectivity index (χ0n) is 10.9. The van der Waals surface area contributed by atoms with E-state index in [9.17, 15) is 4.79 Å². The van der Waals surface area contributed by atoms with Gasteiger partial charge in [-0.3, -0.25) is 4.79 Å². The second kappa shape index (κ2) is 7.23. The van der Waals surface area contributed by atoms with Gasteiger partial charge in [-0.2, -0.15) is 0 Å². The number of unbranched alkanes of at least 4 members (excludes halogenated alkanes) is 1. The van der Waals surface area contributed by atoms with Crippen molar-refractivity contribution in [2.24, 2.45) is 5.73 Å². The maximum atomic E-state index is 12.1. The normalized spacial score (nSPS) is 12.4. The van der Waals surface area contributed by atoms with Gasteiger partial charge in [-0.15, -0.1) is 0 Å². The van der Waals surface area contributed by atoms with Crippen LogP contribution in [0.1, 0.15) is 55.5 Å². The van der Waals surface area contributed by atoms with Gasteiger partial charge in [0.25, 0.3) is 0 Å². The number of nitrogens with two attached hydrogens (primary N) is 1. The molecule has 17 heavy (non-hydrogen) atoms. The highest BCUT2D eigenvalue weighted by atomic mass is 16.1. The molecule has 0 amide bonds. The van der Waals surface area contributed by atoms with E-state index < -0.39 is 0 Å². The van der Waals surface area contributed by atoms with E-state index in [0.717, 1.165) is 37.7 Å². The Morgan fingerprint density at radius 2 is 2.06 bits per heavy atom. The van der Waals surface area contributed by atoms with Gasteiger partial charge in [-0.05, 0) is 24.5 Å². The van der Waals surface area contributed by atoms with Crippen LogP contribution < -0.4 is 5.73 Å². The van der Waals surface area contributed by atoms with Gasteiger partial charge in [0.05, 0.1) is 6.04 Å². The highest BCUT2D eigenvalue weighted by Crippen LogP contribution is 2.11. The van der Waals surface area contributed by atoms with Crippen LogP contribution in [0.15, 0.2) is 24.3 Å². The molecule has 94 valence electrons. The van der Waals surface area contributed by atoms with Crippen molar-refractivity contribution in [3.63, 3.8) is 0 Å². The molecule has 2 nitrogen and oxygen atoms in total. The molecule has 0 fully saturated rings. The highest BCUT2D eigenvalue weighted by molar-refractivity contribution is 6.00. The van der Waals surface area contributed by atoms with Gasteiger partial charge < -0.3 is 5.73 Å². The summed E-state index contributed by atoms with van der Waals surface area (Å²) in [6.07, 6.45) is 5.00. The Morgan fingerprint density at radius 1 is 1.29 bits per heavy atom. The van der Waals surface area contributed by atoms with Crippen LogP contribution in [0, 0.1) is 0 Å². The Morgan fingerprint density at radius 3 is 2.71 bits per heavy atom. The summed E-state index contributed by atoms with van der Waals surface area (Å²) in [6, 6.07) is 7.53. The number of Topliss-reactive ketones (excluding diaryl/α,β-unsaturated/α-hetero) is 1. The first kappa shape index (κ1) is 13.9. The number of carbonyl (C=O) groups excluding carboxylic acids is 1. The molecule has 1 unspecified atom stereocenters. The summed E-state index contributed by atoms with van der Waals surface area (Å²) in [5.74, 6) is 0.0800. The average molecular weight is 233 g/mol. The van der Waals surface area contributed by atoms with E-state index in [1.54, 1.807) is 0 Å². The maximum Gasteiger partial charge on any atom is 0.179 e. The monoisotopic (exact) mass is 233 g/mol. The summed E-state index contributed by atoms with van der Waals surface area (Å²) in [6.45, 7) is 4.25. The summed E-state index contributed by atoms with van der Waals surface area (Å²) >= 11 is 0. The molecule has 0 heterocycles. The molecule has 0 radical (unpaired) electrons. The number of aryl methyl sites for hydroxylation is 1. The van der Waals surface area contributed by atoms with Gasteiger partial charge in [-0.25, -0.2) is 0 Å². The van der Waals surface area contributed by atoms with Crippen molar-refractivity contribution >= 4 is 5.78 Å². The number of carbonyl (C=O) groups is 1. The van der Waals surface area contributed by atoms with Crippen molar-refractivity contribution in [2.75, 3.05) is 0 Å². The summed E-state index contributed by atoms with van der Waals surface area (Å²) in [7, 11) is 0. The molecule has 0 saturated heterocycles. The highest BCUT2D eigenvalue weighted by Gasteiger charge is 2.15. The Kier molecular flexibility index (Phi) is 5.92. The number of hydrogen-bond donors (Lipinski definition) is 1. The largest absolute Gasteiger partial charge is 0.321 e. The van der Waals surface area contributed by atoms with Crippen molar-refractivity contribution in [3.05, 3.63) is 35.4 Å². The molecular weight excluding hydrogens is 210 g/mol. The topological polar surface area (TPSA) is 43.1 Å². The fraction of sp³-hybridized carbons (Fsp3) is 0.533. The van der Waals surface area contributed by atoms with E-state index in [0.29, 0.717) is 0 Å². The fourth-order valence-electron chi connectivity index (χ4n) is 1.94. The molecule has 0 aliphatic rings. The van der Waals surface area contributed by atoms with E-state index in [2.05, 4.69) is 19.9 Å². The Hall–Kier alpha value is -1.15. The molecule has 0 aliphatic heterocycles. The lowest BCUT2D eigenvalue weighted by Crippen LogP contribution is -2.30. The zero-order valence-corrected chi connectivity index (χ0v) is 10.9. The van der Waals surface area contributed by atoms with Gasteiger partial charge >= 0.3 is 0 Å². The number of hydrogen-bond acceptors (Lipinski definition) is 2. The molecule has 1 aromatic rings. The predicted octanol–water partition coefficient (Wildman–Crippen LogP) is 3.34. The van der Waals surface area contributed by atoms with Crippen molar-refractivity contribution < 1.29 is 4.79 Å². The van der Waals surface area contributed by atoms with E-state index in [1.807, 2.05) is 18.2 Å². The minimum Gasteiger partial charge on any atom is -0.321 e. The standard InChI is InChI=1S/C15H23NO/c1-3-5-10-14(16)15(17)13-9-6-8-12(11-13)7-4-2/h6,8-9,11,14H,3-5,7,10,16H2,1-2H3.